The molecule has 0 heterocycles. The molecule has 0 atom stereocenters. The van der Waals surface area contributed by atoms with Crippen LogP contribution >= 0.6 is 0 Å². The molecular formula is C24H34O7S2. The largest absolute Gasteiger partial charge is 0.456 e. The zero-order chi connectivity index (χ0) is 24.3. The van der Waals surface area contributed by atoms with E-state index in [9.17, 15) is 25.9 Å². The number of hydrogen-bond acceptors (Lipinski definition) is 5. The van der Waals surface area contributed by atoms with Crippen LogP contribution in [0.1, 0.15) is 76.7 Å². The average molecular weight is 499 g/mol. The van der Waals surface area contributed by atoms with Crippen molar-refractivity contribution in [1.82, 2.24) is 0 Å². The van der Waals surface area contributed by atoms with Crippen molar-refractivity contribution in [3.63, 3.8) is 0 Å². The minimum Gasteiger partial charge on any atom is -0.456 e. The third-order valence-corrected chi connectivity index (χ3v) is 7.31. The summed E-state index contributed by atoms with van der Waals surface area (Å²) in [6.45, 7) is 2.20. The van der Waals surface area contributed by atoms with E-state index in [2.05, 4.69) is 6.92 Å². The summed E-state index contributed by atoms with van der Waals surface area (Å²) in [5, 5.41) is 0. The topological polar surface area (TPSA) is 118 Å². The normalized spacial score (nSPS) is 12.1. The highest BCUT2D eigenvalue weighted by atomic mass is 32.2. The Bertz CT molecular complexity index is 1090. The standard InChI is InChI=1S/C24H34O7S2/c1-2-3-4-5-6-7-8-9-10-11-14-20-19-21(17-18-23(20)32(25,26)27)31-22-15-12-13-16-24(22)33(28,29)30/h12-13,15-19H,2-11,14H2,1H3,(H,25,26,27)(H,28,29,30). The first kappa shape index (κ1) is 27.3. The van der Waals surface area contributed by atoms with Gasteiger partial charge in [0.05, 0.1) is 4.90 Å². The van der Waals surface area contributed by atoms with Gasteiger partial charge in [-0.2, -0.15) is 16.8 Å². The number of benzene rings is 2. The lowest BCUT2D eigenvalue weighted by Crippen LogP contribution is -2.04. The lowest BCUT2D eigenvalue weighted by atomic mass is 10.0. The van der Waals surface area contributed by atoms with Gasteiger partial charge in [0.2, 0.25) is 0 Å². The molecule has 0 bridgehead atoms. The van der Waals surface area contributed by atoms with E-state index >= 15 is 0 Å². The Hall–Kier alpha value is -1.94. The molecule has 2 aromatic carbocycles. The fourth-order valence-electron chi connectivity index (χ4n) is 3.74. The fourth-order valence-corrected chi connectivity index (χ4v) is 5.09. The summed E-state index contributed by atoms with van der Waals surface area (Å²) in [6.07, 6.45) is 11.9. The van der Waals surface area contributed by atoms with E-state index in [1.54, 1.807) is 6.07 Å². The summed E-state index contributed by atoms with van der Waals surface area (Å²) in [4.78, 5) is -0.575. The second kappa shape index (κ2) is 13.1. The zero-order valence-electron chi connectivity index (χ0n) is 19.1. The smallest absolute Gasteiger partial charge is 0.298 e. The van der Waals surface area contributed by atoms with Crippen LogP contribution in [0.3, 0.4) is 0 Å². The molecule has 0 spiro atoms. The van der Waals surface area contributed by atoms with Crippen molar-refractivity contribution < 1.29 is 30.7 Å². The lowest BCUT2D eigenvalue weighted by Gasteiger charge is -2.13. The third kappa shape index (κ3) is 9.44. The van der Waals surface area contributed by atoms with Crippen molar-refractivity contribution in [2.24, 2.45) is 0 Å². The molecule has 184 valence electrons. The van der Waals surface area contributed by atoms with Gasteiger partial charge < -0.3 is 4.74 Å². The summed E-state index contributed by atoms with van der Waals surface area (Å²) < 4.78 is 71.3. The molecule has 2 N–H and O–H groups in total. The minimum atomic E-state index is -4.49. The number of aryl methyl sites for hydroxylation is 1. The first-order valence-corrected chi connectivity index (χ1v) is 14.4. The Balaban J connectivity index is 2.01. The van der Waals surface area contributed by atoms with E-state index in [0.29, 0.717) is 12.0 Å². The highest BCUT2D eigenvalue weighted by Crippen LogP contribution is 2.31. The summed E-state index contributed by atoms with van der Waals surface area (Å²) in [6, 6.07) is 9.68. The van der Waals surface area contributed by atoms with Crippen LogP contribution in [-0.4, -0.2) is 25.9 Å². The van der Waals surface area contributed by atoms with Gasteiger partial charge in [-0.25, -0.2) is 0 Å². The van der Waals surface area contributed by atoms with E-state index in [4.69, 9.17) is 4.74 Å². The first-order chi connectivity index (χ1) is 15.6. The maximum absolute atomic E-state index is 11.8. The number of rotatable bonds is 15. The maximum Gasteiger partial charge on any atom is 0.298 e. The lowest BCUT2D eigenvalue weighted by molar-refractivity contribution is 0.449. The van der Waals surface area contributed by atoms with Crippen molar-refractivity contribution >= 4 is 20.2 Å². The quantitative estimate of drug-likeness (QED) is 0.214. The predicted molar refractivity (Wildman–Crippen MR) is 128 cm³/mol. The van der Waals surface area contributed by atoms with Crippen LogP contribution < -0.4 is 4.74 Å². The van der Waals surface area contributed by atoms with Crippen molar-refractivity contribution in [2.75, 3.05) is 0 Å². The Kier molecular flexibility index (Phi) is 10.8. The van der Waals surface area contributed by atoms with Gasteiger partial charge in [0, 0.05) is 0 Å². The van der Waals surface area contributed by atoms with Gasteiger partial charge in [-0.1, -0.05) is 76.8 Å². The SMILES string of the molecule is CCCCCCCCCCCCc1cc(Oc2ccccc2S(=O)(=O)O)ccc1S(=O)(=O)O. The van der Waals surface area contributed by atoms with Crippen molar-refractivity contribution in [2.45, 2.75) is 87.3 Å². The minimum absolute atomic E-state index is 0.0792. The molecule has 0 saturated carbocycles. The molecule has 2 rings (SSSR count). The molecule has 0 amide bonds. The second-order valence-electron chi connectivity index (χ2n) is 8.20. The molecule has 0 fully saturated rings. The van der Waals surface area contributed by atoms with Gasteiger partial charge >= 0.3 is 0 Å². The summed E-state index contributed by atoms with van der Waals surface area (Å²) in [5.74, 6) is 0.130. The van der Waals surface area contributed by atoms with Crippen LogP contribution in [0.2, 0.25) is 0 Å². The molecule has 0 aliphatic heterocycles. The van der Waals surface area contributed by atoms with Crippen molar-refractivity contribution in [3.8, 4) is 11.5 Å². The van der Waals surface area contributed by atoms with Crippen molar-refractivity contribution in [1.29, 1.82) is 0 Å². The highest BCUT2D eigenvalue weighted by molar-refractivity contribution is 7.86. The molecule has 2 aromatic rings. The van der Waals surface area contributed by atoms with Crippen LogP contribution in [0.4, 0.5) is 0 Å². The monoisotopic (exact) mass is 498 g/mol. The van der Waals surface area contributed by atoms with Crippen LogP contribution in [-0.2, 0) is 26.7 Å². The Morgan fingerprint density at radius 2 is 1.24 bits per heavy atom. The maximum atomic E-state index is 11.8. The van der Waals surface area contributed by atoms with E-state index in [1.165, 1.54) is 74.9 Å². The van der Waals surface area contributed by atoms with Gasteiger partial charge in [0.1, 0.15) is 16.4 Å². The molecular weight excluding hydrogens is 464 g/mol. The van der Waals surface area contributed by atoms with E-state index in [1.807, 2.05) is 0 Å². The van der Waals surface area contributed by atoms with Gasteiger partial charge in [-0.15, -0.1) is 0 Å². The molecule has 7 nitrogen and oxygen atoms in total. The number of para-hydroxylation sites is 1. The van der Waals surface area contributed by atoms with E-state index < -0.39 is 20.2 Å². The molecule has 0 aliphatic carbocycles. The third-order valence-electron chi connectivity index (χ3n) is 5.46. The van der Waals surface area contributed by atoms with Crippen LogP contribution in [0.5, 0.6) is 11.5 Å². The summed E-state index contributed by atoms with van der Waals surface area (Å²) in [5.41, 5.74) is 0.402. The molecule has 0 aromatic heterocycles. The van der Waals surface area contributed by atoms with Gasteiger partial charge in [0.25, 0.3) is 20.2 Å². The molecule has 33 heavy (non-hydrogen) atoms. The first-order valence-electron chi connectivity index (χ1n) is 11.5. The predicted octanol–water partition coefficient (Wildman–Crippen LogP) is 6.44. The molecule has 0 unspecified atom stereocenters. The number of unbranched alkanes of at least 4 members (excludes halogenated alkanes) is 9. The Morgan fingerprint density at radius 3 is 1.82 bits per heavy atom. The highest BCUT2D eigenvalue weighted by Gasteiger charge is 2.19. The van der Waals surface area contributed by atoms with E-state index in [0.717, 1.165) is 25.7 Å². The van der Waals surface area contributed by atoms with E-state index in [-0.39, 0.29) is 21.3 Å². The van der Waals surface area contributed by atoms with Crippen LogP contribution in [0.25, 0.3) is 0 Å². The van der Waals surface area contributed by atoms with Crippen molar-refractivity contribution in [3.05, 3.63) is 48.0 Å². The summed E-state index contributed by atoms with van der Waals surface area (Å²) >= 11 is 0. The average Bonchev–Trinajstić information content (AvgIpc) is 2.74. The van der Waals surface area contributed by atoms with Gasteiger partial charge in [0.15, 0.2) is 0 Å². The Labute approximate surface area is 197 Å². The Morgan fingerprint density at radius 1 is 0.697 bits per heavy atom. The fraction of sp³-hybridized carbons (Fsp3) is 0.500. The van der Waals surface area contributed by atoms with Crippen LogP contribution in [0, 0.1) is 0 Å². The molecule has 9 heteroatoms. The zero-order valence-corrected chi connectivity index (χ0v) is 20.7. The van der Waals surface area contributed by atoms with Crippen LogP contribution in [0.15, 0.2) is 52.3 Å². The molecule has 0 saturated heterocycles. The molecule has 0 radical (unpaired) electrons. The number of ether oxygens (including phenoxy) is 1. The second-order valence-corrected chi connectivity index (χ2v) is 11.0. The van der Waals surface area contributed by atoms with Gasteiger partial charge in [-0.05, 0) is 48.7 Å². The number of hydrogen-bond donors (Lipinski definition) is 2. The van der Waals surface area contributed by atoms with Gasteiger partial charge in [-0.3, -0.25) is 9.11 Å². The summed E-state index contributed by atoms with van der Waals surface area (Å²) in [7, 11) is -8.90. The molecule has 0 aliphatic rings.